The number of benzene rings is 3. The Morgan fingerprint density at radius 1 is 0.976 bits per heavy atom. The monoisotopic (exact) mass is 591 g/mol. The van der Waals surface area contributed by atoms with E-state index in [-0.39, 0.29) is 23.4 Å². The number of hydrogen-bond donors (Lipinski definition) is 1. The maximum atomic E-state index is 14.2. The Labute approximate surface area is 249 Å². The number of carbonyl (C=O) groups is 2. The van der Waals surface area contributed by atoms with Crippen LogP contribution in [0.3, 0.4) is 0 Å². The molecular formula is C33H41N3O5S. The summed E-state index contributed by atoms with van der Waals surface area (Å²) in [7, 11) is -2.53. The zero-order valence-electron chi connectivity index (χ0n) is 24.9. The fourth-order valence-electron chi connectivity index (χ4n) is 5.31. The fraction of sp³-hybridized carbons (Fsp3) is 0.394. The van der Waals surface area contributed by atoms with Crippen LogP contribution in [-0.4, -0.2) is 50.9 Å². The molecule has 2 amide bonds. The van der Waals surface area contributed by atoms with Crippen LogP contribution in [-0.2, 0) is 32.6 Å². The van der Waals surface area contributed by atoms with E-state index in [1.165, 1.54) is 9.21 Å². The number of hydrogen-bond acceptors (Lipinski definition) is 5. The van der Waals surface area contributed by atoms with Gasteiger partial charge in [-0.2, -0.15) is 0 Å². The molecule has 1 fully saturated rings. The fourth-order valence-corrected chi connectivity index (χ4v) is 6.76. The highest BCUT2D eigenvalue weighted by molar-refractivity contribution is 7.92. The van der Waals surface area contributed by atoms with Gasteiger partial charge in [0.25, 0.3) is 10.0 Å². The minimum absolute atomic E-state index is 0.0905. The molecule has 0 spiro atoms. The van der Waals surface area contributed by atoms with Crippen molar-refractivity contribution < 1.29 is 22.7 Å². The van der Waals surface area contributed by atoms with Crippen LogP contribution in [0.15, 0.2) is 77.7 Å². The van der Waals surface area contributed by atoms with E-state index in [9.17, 15) is 18.0 Å². The lowest BCUT2D eigenvalue weighted by molar-refractivity contribution is -0.139. The van der Waals surface area contributed by atoms with Crippen molar-refractivity contribution in [3.05, 3.63) is 89.5 Å². The molecule has 3 aromatic carbocycles. The number of ether oxygens (including phenoxy) is 1. The average Bonchev–Trinajstić information content (AvgIpc) is 3.51. The molecule has 0 unspecified atom stereocenters. The molecule has 9 heteroatoms. The molecule has 224 valence electrons. The predicted octanol–water partition coefficient (Wildman–Crippen LogP) is 5.24. The molecule has 8 nitrogen and oxygen atoms in total. The summed E-state index contributed by atoms with van der Waals surface area (Å²) in [5.41, 5.74) is 2.97. The van der Waals surface area contributed by atoms with E-state index < -0.39 is 28.5 Å². The first-order valence-electron chi connectivity index (χ1n) is 14.5. The Morgan fingerprint density at radius 2 is 1.62 bits per heavy atom. The van der Waals surface area contributed by atoms with Gasteiger partial charge in [-0.15, -0.1) is 0 Å². The lowest BCUT2D eigenvalue weighted by Crippen LogP contribution is -2.52. The van der Waals surface area contributed by atoms with Crippen LogP contribution in [0.4, 0.5) is 5.69 Å². The first-order chi connectivity index (χ1) is 20.1. The Bertz CT molecular complexity index is 1470. The quantitative estimate of drug-likeness (QED) is 0.311. The number of methoxy groups -OCH3 is 1. The molecule has 1 atom stereocenters. The topological polar surface area (TPSA) is 96.0 Å². The van der Waals surface area contributed by atoms with E-state index in [0.717, 1.165) is 42.4 Å². The molecule has 0 aliphatic heterocycles. The number of carbonyl (C=O) groups excluding carboxylic acids is 2. The first-order valence-corrected chi connectivity index (χ1v) is 16.0. The van der Waals surface area contributed by atoms with Crippen LogP contribution in [0, 0.1) is 6.92 Å². The minimum atomic E-state index is -4.11. The summed E-state index contributed by atoms with van der Waals surface area (Å²) in [5, 5.41) is 3.10. The van der Waals surface area contributed by atoms with Crippen molar-refractivity contribution in [3.63, 3.8) is 0 Å². The van der Waals surface area contributed by atoms with Gasteiger partial charge in [0.2, 0.25) is 11.8 Å². The summed E-state index contributed by atoms with van der Waals surface area (Å²) in [6, 6.07) is 20.4. The molecule has 1 aliphatic carbocycles. The van der Waals surface area contributed by atoms with Crippen LogP contribution < -0.4 is 14.4 Å². The Kier molecular flexibility index (Phi) is 10.3. The average molecular weight is 592 g/mol. The number of para-hydroxylation sites is 1. The smallest absolute Gasteiger partial charge is 0.264 e. The second-order valence-electron chi connectivity index (χ2n) is 10.8. The van der Waals surface area contributed by atoms with Crippen LogP contribution in [0.25, 0.3) is 0 Å². The third-order valence-electron chi connectivity index (χ3n) is 7.91. The second-order valence-corrected chi connectivity index (χ2v) is 12.7. The number of sulfonamides is 1. The Morgan fingerprint density at radius 3 is 2.24 bits per heavy atom. The van der Waals surface area contributed by atoms with Crippen LogP contribution in [0.1, 0.15) is 56.2 Å². The number of nitrogens with zero attached hydrogens (tertiary/aromatic N) is 2. The van der Waals surface area contributed by atoms with Gasteiger partial charge in [0.15, 0.2) is 0 Å². The summed E-state index contributed by atoms with van der Waals surface area (Å²) in [6.45, 7) is 5.22. The number of amides is 2. The van der Waals surface area contributed by atoms with Gasteiger partial charge in [0, 0.05) is 12.6 Å². The van der Waals surface area contributed by atoms with Gasteiger partial charge < -0.3 is 15.0 Å². The first kappa shape index (κ1) is 31.1. The highest BCUT2D eigenvalue weighted by atomic mass is 32.2. The van der Waals surface area contributed by atoms with Crippen molar-refractivity contribution in [1.82, 2.24) is 10.2 Å². The lowest BCUT2D eigenvalue weighted by Gasteiger charge is -2.33. The van der Waals surface area contributed by atoms with Crippen molar-refractivity contribution in [2.24, 2.45) is 0 Å². The van der Waals surface area contributed by atoms with E-state index in [2.05, 4.69) is 5.32 Å². The molecule has 0 radical (unpaired) electrons. The zero-order chi connectivity index (χ0) is 30.3. The molecule has 42 heavy (non-hydrogen) atoms. The molecule has 3 aromatic rings. The molecule has 0 heterocycles. The van der Waals surface area contributed by atoms with Gasteiger partial charge in [-0.25, -0.2) is 8.42 Å². The normalized spacial score (nSPS) is 14.3. The van der Waals surface area contributed by atoms with Crippen LogP contribution >= 0.6 is 0 Å². The van der Waals surface area contributed by atoms with E-state index in [1.54, 1.807) is 62.6 Å². The molecular weight excluding hydrogens is 550 g/mol. The zero-order valence-corrected chi connectivity index (χ0v) is 25.7. The van der Waals surface area contributed by atoms with Gasteiger partial charge in [0.1, 0.15) is 18.3 Å². The molecule has 1 saturated carbocycles. The molecule has 1 aliphatic rings. The van der Waals surface area contributed by atoms with E-state index >= 15 is 0 Å². The number of nitrogens with one attached hydrogen (secondary N) is 1. The van der Waals surface area contributed by atoms with E-state index in [0.29, 0.717) is 17.9 Å². The van der Waals surface area contributed by atoms with Gasteiger partial charge in [-0.05, 0) is 74.6 Å². The molecule has 0 bridgehead atoms. The number of rotatable bonds is 12. The summed E-state index contributed by atoms with van der Waals surface area (Å²) in [5.74, 6) is -0.0395. The third kappa shape index (κ3) is 7.31. The summed E-state index contributed by atoms with van der Waals surface area (Å²) < 4.78 is 34.6. The summed E-state index contributed by atoms with van der Waals surface area (Å²) >= 11 is 0. The van der Waals surface area contributed by atoms with Crippen LogP contribution in [0.5, 0.6) is 5.75 Å². The molecule has 4 rings (SSSR count). The van der Waals surface area contributed by atoms with E-state index in [4.69, 9.17) is 4.74 Å². The largest absolute Gasteiger partial charge is 0.497 e. The van der Waals surface area contributed by atoms with Crippen LogP contribution in [0.2, 0.25) is 0 Å². The molecule has 0 saturated heterocycles. The van der Waals surface area contributed by atoms with E-state index in [1.807, 2.05) is 38.1 Å². The van der Waals surface area contributed by atoms with Crippen molar-refractivity contribution in [2.45, 2.75) is 76.4 Å². The summed E-state index contributed by atoms with van der Waals surface area (Å²) in [6.07, 6.45) is 4.55. The molecule has 0 aromatic heterocycles. The number of anilines is 1. The Balaban J connectivity index is 1.71. The standard InChI is InChI=1S/C33H41N3O5S/c1-5-27-10-6-9-13-31(27)36(42(39,40)30-20-14-24(2)15-21-30)23-32(37)35(22-26-16-18-29(41-4)19-17-26)25(3)33(38)34-28-11-7-8-12-28/h6,9-10,13-21,25,28H,5,7-8,11-12,22-23H2,1-4H3,(H,34,38)/t25-/m0/s1. The number of aryl methyl sites for hydroxylation is 2. The van der Waals surface area contributed by atoms with Crippen molar-refractivity contribution in [1.29, 1.82) is 0 Å². The van der Waals surface area contributed by atoms with Gasteiger partial charge in [0.05, 0.1) is 17.7 Å². The van der Waals surface area contributed by atoms with Crippen molar-refractivity contribution >= 4 is 27.5 Å². The molecule has 1 N–H and O–H groups in total. The van der Waals surface area contributed by atoms with Crippen molar-refractivity contribution in [2.75, 3.05) is 18.0 Å². The predicted molar refractivity (Wildman–Crippen MR) is 165 cm³/mol. The van der Waals surface area contributed by atoms with Gasteiger partial charge in [-0.3, -0.25) is 13.9 Å². The van der Waals surface area contributed by atoms with Gasteiger partial charge in [-0.1, -0.05) is 67.8 Å². The maximum absolute atomic E-state index is 14.2. The SMILES string of the molecule is CCc1ccccc1N(CC(=O)N(Cc1ccc(OC)cc1)[C@@H](C)C(=O)NC1CCCC1)S(=O)(=O)c1ccc(C)cc1. The highest BCUT2D eigenvalue weighted by Gasteiger charge is 2.34. The Hall–Kier alpha value is -3.85. The highest BCUT2D eigenvalue weighted by Crippen LogP contribution is 2.28. The third-order valence-corrected chi connectivity index (χ3v) is 9.68. The summed E-state index contributed by atoms with van der Waals surface area (Å²) in [4.78, 5) is 29.1. The van der Waals surface area contributed by atoms with Gasteiger partial charge >= 0.3 is 0 Å². The second kappa shape index (κ2) is 13.9. The lowest BCUT2D eigenvalue weighted by atomic mass is 10.1. The van der Waals surface area contributed by atoms with Crippen molar-refractivity contribution in [3.8, 4) is 5.75 Å². The minimum Gasteiger partial charge on any atom is -0.497 e. The maximum Gasteiger partial charge on any atom is 0.264 e.